The number of benzene rings is 2. The van der Waals surface area contributed by atoms with Gasteiger partial charge in [0.2, 0.25) is 5.91 Å². The highest BCUT2D eigenvalue weighted by Gasteiger charge is 2.20. The lowest BCUT2D eigenvalue weighted by atomic mass is 10.1. The van der Waals surface area contributed by atoms with E-state index in [1.54, 1.807) is 29.3 Å². The van der Waals surface area contributed by atoms with Gasteiger partial charge in [0.05, 0.1) is 16.8 Å². The fourth-order valence-electron chi connectivity index (χ4n) is 3.25. The molecule has 4 rings (SSSR count). The van der Waals surface area contributed by atoms with Crippen LogP contribution in [0.25, 0.3) is 10.2 Å². The smallest absolute Gasteiger partial charge is 0.229 e. The van der Waals surface area contributed by atoms with Crippen LogP contribution in [0.3, 0.4) is 0 Å². The molecule has 0 saturated heterocycles. The van der Waals surface area contributed by atoms with Gasteiger partial charge in [-0.3, -0.25) is 14.7 Å². The van der Waals surface area contributed by atoms with Crippen molar-refractivity contribution in [1.29, 1.82) is 0 Å². The number of carbonyl (C=O) groups is 1. The Morgan fingerprint density at radius 2 is 1.84 bits per heavy atom. The molecule has 0 atom stereocenters. The molecule has 0 aliphatic carbocycles. The number of thiazole rings is 1. The summed E-state index contributed by atoms with van der Waals surface area (Å²) < 4.78 is 1.11. The van der Waals surface area contributed by atoms with E-state index >= 15 is 0 Å². The molecule has 2 heterocycles. The average molecular weight is 448 g/mol. The van der Waals surface area contributed by atoms with Gasteiger partial charge >= 0.3 is 0 Å². The maximum Gasteiger partial charge on any atom is 0.229 e. The summed E-state index contributed by atoms with van der Waals surface area (Å²) in [6.45, 7) is 6.75. The van der Waals surface area contributed by atoms with E-state index in [0.717, 1.165) is 26.7 Å². The molecule has 1 amide bonds. The molecule has 0 saturated carbocycles. The summed E-state index contributed by atoms with van der Waals surface area (Å²) in [4.78, 5) is 25.3. The Bertz CT molecular complexity index is 1150. The SMILES string of the molecule is Cc1ccc(SCCC(=O)N(Cc2cccnc2)c2nc3cc(C)c(C)cc3s2)cc1. The molecule has 4 nitrogen and oxygen atoms in total. The predicted octanol–water partition coefficient (Wildman–Crippen LogP) is 6.33. The molecule has 6 heteroatoms. The van der Waals surface area contributed by atoms with Gasteiger partial charge in [-0.25, -0.2) is 4.98 Å². The maximum absolute atomic E-state index is 13.3. The van der Waals surface area contributed by atoms with Gasteiger partial charge in [0.15, 0.2) is 5.13 Å². The first kappa shape index (κ1) is 21.5. The van der Waals surface area contributed by atoms with Gasteiger partial charge in [-0.1, -0.05) is 35.1 Å². The lowest BCUT2D eigenvalue weighted by Gasteiger charge is -2.20. The monoisotopic (exact) mass is 447 g/mol. The molecule has 0 radical (unpaired) electrons. The van der Waals surface area contributed by atoms with Gasteiger partial charge in [-0.15, -0.1) is 11.8 Å². The van der Waals surface area contributed by atoms with Crippen LogP contribution < -0.4 is 4.90 Å². The largest absolute Gasteiger partial charge is 0.284 e. The van der Waals surface area contributed by atoms with E-state index in [-0.39, 0.29) is 5.91 Å². The fraction of sp³-hybridized carbons (Fsp3) is 0.240. The Hall–Kier alpha value is -2.70. The van der Waals surface area contributed by atoms with Gasteiger partial charge in [0.25, 0.3) is 0 Å². The van der Waals surface area contributed by atoms with Crippen molar-refractivity contribution in [2.45, 2.75) is 38.6 Å². The van der Waals surface area contributed by atoms with Crippen molar-refractivity contribution >= 4 is 44.4 Å². The lowest BCUT2D eigenvalue weighted by molar-refractivity contribution is -0.118. The first-order valence-electron chi connectivity index (χ1n) is 10.3. The topological polar surface area (TPSA) is 46.1 Å². The van der Waals surface area contributed by atoms with E-state index in [1.807, 2.05) is 23.2 Å². The van der Waals surface area contributed by atoms with E-state index in [1.165, 1.54) is 21.6 Å². The summed E-state index contributed by atoms with van der Waals surface area (Å²) in [5, 5.41) is 0.745. The number of thioether (sulfide) groups is 1. The number of hydrogen-bond acceptors (Lipinski definition) is 5. The summed E-state index contributed by atoms with van der Waals surface area (Å²) in [7, 11) is 0. The van der Waals surface area contributed by atoms with Crippen LogP contribution in [0.2, 0.25) is 0 Å². The van der Waals surface area contributed by atoms with E-state index in [0.29, 0.717) is 13.0 Å². The second-order valence-corrected chi connectivity index (χ2v) is 9.83. The number of aromatic nitrogens is 2. The van der Waals surface area contributed by atoms with Crippen molar-refractivity contribution < 1.29 is 4.79 Å². The second kappa shape index (κ2) is 9.62. The normalized spacial score (nSPS) is 11.1. The molecule has 0 fully saturated rings. The summed E-state index contributed by atoms with van der Waals surface area (Å²) in [5.74, 6) is 0.810. The van der Waals surface area contributed by atoms with Crippen molar-refractivity contribution in [3.8, 4) is 0 Å². The average Bonchev–Trinajstić information content (AvgIpc) is 3.16. The van der Waals surface area contributed by atoms with Gasteiger partial charge in [-0.05, 0) is 67.8 Å². The second-order valence-electron chi connectivity index (χ2n) is 7.65. The summed E-state index contributed by atoms with van der Waals surface area (Å²) in [6.07, 6.45) is 4.01. The molecular formula is C25H25N3OS2. The molecule has 0 aliphatic rings. The Kier molecular flexibility index (Phi) is 6.68. The Balaban J connectivity index is 1.55. The van der Waals surface area contributed by atoms with Crippen LogP contribution in [0.15, 0.2) is 65.8 Å². The summed E-state index contributed by atoms with van der Waals surface area (Å²) in [5.41, 5.74) is 5.63. The minimum Gasteiger partial charge on any atom is -0.284 e. The Morgan fingerprint density at radius 1 is 1.06 bits per heavy atom. The highest BCUT2D eigenvalue weighted by Crippen LogP contribution is 2.32. The van der Waals surface area contributed by atoms with Gasteiger partial charge < -0.3 is 0 Å². The number of rotatable bonds is 7. The third kappa shape index (κ3) is 5.32. The zero-order valence-electron chi connectivity index (χ0n) is 18.0. The standard InChI is InChI=1S/C25H25N3OS2/c1-17-6-8-21(9-7-17)30-12-10-24(29)28(16-20-5-4-11-26-15-20)25-27-22-13-18(2)19(3)14-23(22)31-25/h4-9,11,13-15H,10,12,16H2,1-3H3. The van der Waals surface area contributed by atoms with Gasteiger partial charge in [-0.2, -0.15) is 0 Å². The number of carbonyl (C=O) groups excluding carboxylic acids is 1. The van der Waals surface area contributed by atoms with Crippen molar-refractivity contribution in [3.63, 3.8) is 0 Å². The highest BCUT2D eigenvalue weighted by molar-refractivity contribution is 7.99. The number of hydrogen-bond donors (Lipinski definition) is 0. The molecule has 4 aromatic rings. The first-order chi connectivity index (χ1) is 15.0. The molecule has 0 unspecified atom stereocenters. The van der Waals surface area contributed by atoms with Crippen molar-refractivity contribution in [2.75, 3.05) is 10.7 Å². The fourth-order valence-corrected chi connectivity index (χ4v) is 5.15. The molecular weight excluding hydrogens is 422 g/mol. The minimum atomic E-state index is 0.0796. The number of amides is 1. The molecule has 2 aromatic heterocycles. The number of nitrogens with zero attached hydrogens (tertiary/aromatic N) is 3. The van der Waals surface area contributed by atoms with E-state index in [9.17, 15) is 4.79 Å². The number of fused-ring (bicyclic) bond motifs is 1. The molecule has 0 N–H and O–H groups in total. The molecule has 2 aromatic carbocycles. The number of pyridine rings is 1. The van der Waals surface area contributed by atoms with Crippen LogP contribution in [-0.4, -0.2) is 21.6 Å². The molecule has 0 spiro atoms. The lowest BCUT2D eigenvalue weighted by Crippen LogP contribution is -2.30. The zero-order chi connectivity index (χ0) is 21.8. The predicted molar refractivity (Wildman–Crippen MR) is 131 cm³/mol. The van der Waals surface area contributed by atoms with Crippen LogP contribution in [0.1, 0.15) is 28.7 Å². The minimum absolute atomic E-state index is 0.0796. The Labute approximate surface area is 191 Å². The quantitative estimate of drug-likeness (QED) is 0.311. The van der Waals surface area contributed by atoms with E-state index in [2.05, 4.69) is 62.2 Å². The summed E-state index contributed by atoms with van der Waals surface area (Å²) >= 11 is 3.28. The third-order valence-corrected chi connectivity index (χ3v) is 7.25. The molecule has 0 aliphatic heterocycles. The van der Waals surface area contributed by atoms with Crippen LogP contribution in [0, 0.1) is 20.8 Å². The van der Waals surface area contributed by atoms with Crippen LogP contribution in [0.5, 0.6) is 0 Å². The third-order valence-electron chi connectivity index (χ3n) is 5.19. The maximum atomic E-state index is 13.3. The molecule has 0 bridgehead atoms. The van der Waals surface area contributed by atoms with Crippen LogP contribution >= 0.6 is 23.1 Å². The highest BCUT2D eigenvalue weighted by atomic mass is 32.2. The van der Waals surface area contributed by atoms with Gasteiger partial charge in [0.1, 0.15) is 0 Å². The van der Waals surface area contributed by atoms with Crippen molar-refractivity contribution in [3.05, 3.63) is 83.2 Å². The number of anilines is 1. The van der Waals surface area contributed by atoms with Crippen molar-refractivity contribution in [1.82, 2.24) is 9.97 Å². The Morgan fingerprint density at radius 3 is 2.58 bits per heavy atom. The molecule has 31 heavy (non-hydrogen) atoms. The zero-order valence-corrected chi connectivity index (χ0v) is 19.6. The summed E-state index contributed by atoms with van der Waals surface area (Å²) in [6, 6.07) is 16.6. The number of aryl methyl sites for hydroxylation is 3. The van der Waals surface area contributed by atoms with Gasteiger partial charge in [0, 0.05) is 29.5 Å². The van der Waals surface area contributed by atoms with E-state index in [4.69, 9.17) is 4.98 Å². The van der Waals surface area contributed by atoms with E-state index < -0.39 is 0 Å². The molecule has 158 valence electrons. The van der Waals surface area contributed by atoms with Crippen LogP contribution in [0.4, 0.5) is 5.13 Å². The van der Waals surface area contributed by atoms with Crippen molar-refractivity contribution in [2.24, 2.45) is 0 Å². The van der Waals surface area contributed by atoms with Crippen LogP contribution in [-0.2, 0) is 11.3 Å². The first-order valence-corrected chi connectivity index (χ1v) is 12.1.